The third-order valence-corrected chi connectivity index (χ3v) is 3.71. The van der Waals surface area contributed by atoms with Crippen LogP contribution in [0.5, 0.6) is 0 Å². The molecule has 0 saturated carbocycles. The van der Waals surface area contributed by atoms with Gasteiger partial charge in [-0.1, -0.05) is 19.1 Å². The number of benzene rings is 1. The van der Waals surface area contributed by atoms with Crippen molar-refractivity contribution in [1.82, 2.24) is 15.6 Å². The van der Waals surface area contributed by atoms with Crippen LogP contribution in [0.1, 0.15) is 46.5 Å². The predicted octanol–water partition coefficient (Wildman–Crippen LogP) is 1.83. The molecule has 2 rings (SSSR count). The fourth-order valence-electron chi connectivity index (χ4n) is 2.02. The smallest absolute Gasteiger partial charge is 0.253 e. The first-order valence-electron chi connectivity index (χ1n) is 7.86. The molecule has 0 fully saturated rings. The van der Waals surface area contributed by atoms with Crippen molar-refractivity contribution in [3.8, 4) is 0 Å². The highest BCUT2D eigenvalue weighted by Gasteiger charge is 2.09. The zero-order chi connectivity index (χ0) is 17.5. The molecule has 2 amide bonds. The summed E-state index contributed by atoms with van der Waals surface area (Å²) in [7, 11) is 0. The molecular weight excluding hydrogens is 306 g/mol. The zero-order valence-corrected chi connectivity index (χ0v) is 13.8. The number of amides is 2. The number of hydrogen-bond donors (Lipinski definition) is 3. The van der Waals surface area contributed by atoms with Gasteiger partial charge in [-0.05, 0) is 37.1 Å². The van der Waals surface area contributed by atoms with Crippen LogP contribution in [0.2, 0.25) is 0 Å². The molecule has 0 aliphatic rings. The van der Waals surface area contributed by atoms with Crippen LogP contribution in [0.3, 0.4) is 0 Å². The van der Waals surface area contributed by atoms with Crippen LogP contribution in [0.4, 0.5) is 0 Å². The molecule has 1 heterocycles. The van der Waals surface area contributed by atoms with E-state index >= 15 is 0 Å². The molecule has 24 heavy (non-hydrogen) atoms. The van der Waals surface area contributed by atoms with E-state index in [0.29, 0.717) is 17.7 Å². The Hall–Kier alpha value is -2.89. The lowest BCUT2D eigenvalue weighted by Gasteiger charge is -2.11. The number of carbonyl (C=O) groups is 2. The standard InChI is InChI=1S/C18H21N3O3/c1-3-12(2)21-18(24)14-6-4-13(5-7-14)10-20-17(23)15-8-9-16(22)19-11-15/h4-9,11-12H,3,10H2,1-2H3,(H,19,22)(H,20,23)(H,21,24). The van der Waals surface area contributed by atoms with Gasteiger partial charge in [0, 0.05) is 30.4 Å². The molecule has 2 aromatic rings. The minimum Gasteiger partial charge on any atom is -0.350 e. The number of nitrogens with one attached hydrogen (secondary N) is 3. The highest BCUT2D eigenvalue weighted by Crippen LogP contribution is 2.06. The van der Waals surface area contributed by atoms with Gasteiger partial charge in [-0.15, -0.1) is 0 Å². The van der Waals surface area contributed by atoms with E-state index in [9.17, 15) is 14.4 Å². The van der Waals surface area contributed by atoms with E-state index < -0.39 is 0 Å². The van der Waals surface area contributed by atoms with E-state index in [1.165, 1.54) is 18.3 Å². The minimum absolute atomic E-state index is 0.104. The number of H-pyrrole nitrogens is 1. The molecule has 1 unspecified atom stereocenters. The van der Waals surface area contributed by atoms with Gasteiger partial charge in [-0.25, -0.2) is 0 Å². The van der Waals surface area contributed by atoms with Crippen molar-refractivity contribution >= 4 is 11.8 Å². The molecule has 6 heteroatoms. The lowest BCUT2D eigenvalue weighted by Crippen LogP contribution is -2.31. The molecule has 0 saturated heterocycles. The summed E-state index contributed by atoms with van der Waals surface area (Å²) in [6, 6.07) is 9.99. The summed E-state index contributed by atoms with van der Waals surface area (Å²) in [6.07, 6.45) is 2.25. The largest absolute Gasteiger partial charge is 0.350 e. The summed E-state index contributed by atoms with van der Waals surface area (Å²) in [6.45, 7) is 4.31. The first-order valence-corrected chi connectivity index (χ1v) is 7.86. The van der Waals surface area contributed by atoms with Crippen LogP contribution in [0.25, 0.3) is 0 Å². The average Bonchev–Trinajstić information content (AvgIpc) is 2.60. The van der Waals surface area contributed by atoms with Crippen molar-refractivity contribution < 1.29 is 9.59 Å². The lowest BCUT2D eigenvalue weighted by atomic mass is 10.1. The monoisotopic (exact) mass is 327 g/mol. The molecule has 1 aromatic heterocycles. The second-order valence-corrected chi connectivity index (χ2v) is 5.60. The molecule has 0 radical (unpaired) electrons. The Kier molecular flexibility index (Phi) is 5.89. The highest BCUT2D eigenvalue weighted by molar-refractivity contribution is 5.94. The maximum absolute atomic E-state index is 12.0. The van der Waals surface area contributed by atoms with Crippen LogP contribution in [-0.4, -0.2) is 22.8 Å². The van der Waals surface area contributed by atoms with Gasteiger partial charge in [-0.3, -0.25) is 14.4 Å². The molecule has 6 nitrogen and oxygen atoms in total. The van der Waals surface area contributed by atoms with Gasteiger partial charge in [0.05, 0.1) is 5.56 Å². The number of hydrogen-bond acceptors (Lipinski definition) is 3. The van der Waals surface area contributed by atoms with E-state index in [-0.39, 0.29) is 23.4 Å². The van der Waals surface area contributed by atoms with Crippen LogP contribution < -0.4 is 16.2 Å². The SMILES string of the molecule is CCC(C)NC(=O)c1ccc(CNC(=O)c2ccc(=O)[nH]c2)cc1. The predicted molar refractivity (Wildman–Crippen MR) is 91.9 cm³/mol. The van der Waals surface area contributed by atoms with Crippen molar-refractivity contribution in [2.24, 2.45) is 0 Å². The van der Waals surface area contributed by atoms with E-state index in [4.69, 9.17) is 0 Å². The Morgan fingerprint density at radius 3 is 2.29 bits per heavy atom. The van der Waals surface area contributed by atoms with Gasteiger partial charge in [0.15, 0.2) is 0 Å². The molecule has 0 bridgehead atoms. The Bertz CT molecular complexity index is 745. The third kappa shape index (κ3) is 4.81. The average molecular weight is 327 g/mol. The van der Waals surface area contributed by atoms with Crippen LogP contribution >= 0.6 is 0 Å². The fourth-order valence-corrected chi connectivity index (χ4v) is 2.02. The summed E-state index contributed by atoms with van der Waals surface area (Å²) >= 11 is 0. The first kappa shape index (κ1) is 17.5. The van der Waals surface area contributed by atoms with E-state index in [0.717, 1.165) is 12.0 Å². The van der Waals surface area contributed by atoms with Crippen LogP contribution in [0, 0.1) is 0 Å². The van der Waals surface area contributed by atoms with Crippen molar-refractivity contribution in [2.75, 3.05) is 0 Å². The summed E-state index contributed by atoms with van der Waals surface area (Å²) in [5.41, 5.74) is 1.61. The van der Waals surface area contributed by atoms with Gasteiger partial charge in [0.1, 0.15) is 0 Å². The van der Waals surface area contributed by atoms with Gasteiger partial charge >= 0.3 is 0 Å². The zero-order valence-electron chi connectivity index (χ0n) is 13.8. The molecule has 0 spiro atoms. The van der Waals surface area contributed by atoms with E-state index in [2.05, 4.69) is 15.6 Å². The Labute approximate surface area is 140 Å². The number of carbonyl (C=O) groups excluding carboxylic acids is 2. The summed E-state index contributed by atoms with van der Waals surface area (Å²) < 4.78 is 0. The first-order chi connectivity index (χ1) is 11.5. The van der Waals surface area contributed by atoms with E-state index in [1.807, 2.05) is 13.8 Å². The second kappa shape index (κ2) is 8.10. The molecule has 1 aromatic carbocycles. The quantitative estimate of drug-likeness (QED) is 0.756. The van der Waals surface area contributed by atoms with Crippen molar-refractivity contribution in [2.45, 2.75) is 32.9 Å². The summed E-state index contributed by atoms with van der Waals surface area (Å²) in [5, 5.41) is 5.67. The number of aromatic amines is 1. The lowest BCUT2D eigenvalue weighted by molar-refractivity contribution is 0.0934. The Morgan fingerprint density at radius 1 is 1.04 bits per heavy atom. The number of pyridine rings is 1. The van der Waals surface area contributed by atoms with Gasteiger partial charge in [0.2, 0.25) is 5.56 Å². The molecule has 1 atom stereocenters. The van der Waals surface area contributed by atoms with Crippen molar-refractivity contribution in [3.05, 3.63) is 69.6 Å². The Balaban J connectivity index is 1.92. The van der Waals surface area contributed by atoms with Gasteiger partial charge < -0.3 is 15.6 Å². The summed E-state index contributed by atoms with van der Waals surface area (Å²) in [4.78, 5) is 37.4. The van der Waals surface area contributed by atoms with Crippen LogP contribution in [-0.2, 0) is 6.54 Å². The van der Waals surface area contributed by atoms with Gasteiger partial charge in [0.25, 0.3) is 11.8 Å². The van der Waals surface area contributed by atoms with Crippen molar-refractivity contribution in [3.63, 3.8) is 0 Å². The maximum atomic E-state index is 12.0. The van der Waals surface area contributed by atoms with Gasteiger partial charge in [-0.2, -0.15) is 0 Å². The molecule has 3 N–H and O–H groups in total. The number of rotatable bonds is 6. The normalized spacial score (nSPS) is 11.6. The highest BCUT2D eigenvalue weighted by atomic mass is 16.2. The molecule has 0 aliphatic carbocycles. The molecule has 126 valence electrons. The van der Waals surface area contributed by atoms with Crippen molar-refractivity contribution in [1.29, 1.82) is 0 Å². The van der Waals surface area contributed by atoms with Crippen LogP contribution in [0.15, 0.2) is 47.4 Å². The fraction of sp³-hybridized carbons (Fsp3) is 0.278. The third-order valence-electron chi connectivity index (χ3n) is 3.71. The molecular formula is C18H21N3O3. The van der Waals surface area contributed by atoms with E-state index in [1.54, 1.807) is 24.3 Å². The maximum Gasteiger partial charge on any atom is 0.253 e. The molecule has 0 aliphatic heterocycles. The minimum atomic E-state index is -0.273. The topological polar surface area (TPSA) is 91.1 Å². The number of aromatic nitrogens is 1. The second-order valence-electron chi connectivity index (χ2n) is 5.60. The summed E-state index contributed by atoms with van der Waals surface area (Å²) in [5.74, 6) is -0.377. The Morgan fingerprint density at radius 2 is 1.71 bits per heavy atom.